The van der Waals surface area contributed by atoms with Crippen LogP contribution in [0.3, 0.4) is 0 Å². The average Bonchev–Trinajstić information content (AvgIpc) is 3.14. The van der Waals surface area contributed by atoms with Gasteiger partial charge in [0.15, 0.2) is 0 Å². The normalized spacial score (nSPS) is 32.0. The molecule has 2 aliphatic carbocycles. The minimum atomic E-state index is -0.200. The Morgan fingerprint density at radius 1 is 0.944 bits per heavy atom. The van der Waals surface area contributed by atoms with E-state index in [1.165, 1.54) is 51.4 Å². The average molecular weight is 492 g/mol. The summed E-state index contributed by atoms with van der Waals surface area (Å²) in [5.41, 5.74) is 2.48. The lowest BCUT2D eigenvalue weighted by Gasteiger charge is -2.49. The Morgan fingerprint density at radius 3 is 2.39 bits per heavy atom. The van der Waals surface area contributed by atoms with Crippen LogP contribution in [0, 0.1) is 11.8 Å². The van der Waals surface area contributed by atoms with E-state index in [0.717, 1.165) is 41.8 Å². The first kappa shape index (κ1) is 24.1. The molecular weight excluding hydrogens is 450 g/mol. The van der Waals surface area contributed by atoms with Gasteiger partial charge >= 0.3 is 5.97 Å². The smallest absolute Gasteiger partial charge is 0.305 e. The molecule has 0 unspecified atom stereocenters. The van der Waals surface area contributed by atoms with Crippen molar-refractivity contribution < 1.29 is 9.53 Å². The van der Waals surface area contributed by atoms with Crippen molar-refractivity contribution in [3.05, 3.63) is 40.3 Å². The Kier molecular flexibility index (Phi) is 6.89. The fourth-order valence-electron chi connectivity index (χ4n) is 8.29. The summed E-state index contributed by atoms with van der Waals surface area (Å²) in [4.78, 5) is 33.3. The van der Waals surface area contributed by atoms with E-state index in [0.29, 0.717) is 43.6 Å². The lowest BCUT2D eigenvalue weighted by Crippen LogP contribution is -2.52. The Bertz CT molecular complexity index is 1130. The number of aryl methyl sites for hydroxylation is 1. The molecule has 2 saturated carbocycles. The zero-order valence-electron chi connectivity index (χ0n) is 21.7. The van der Waals surface area contributed by atoms with Gasteiger partial charge in [-0.05, 0) is 88.7 Å². The number of hydrogen-bond acceptors (Lipinski definition) is 5. The second-order valence-electron chi connectivity index (χ2n) is 11.9. The fourth-order valence-corrected chi connectivity index (χ4v) is 8.29. The minimum absolute atomic E-state index is 0.0441. The van der Waals surface area contributed by atoms with Gasteiger partial charge in [0.1, 0.15) is 5.69 Å². The highest BCUT2D eigenvalue weighted by Crippen LogP contribution is 2.48. The first-order valence-electron chi connectivity index (χ1n) is 14.5. The number of piperidine rings is 1. The van der Waals surface area contributed by atoms with Gasteiger partial charge in [0.2, 0.25) is 0 Å². The van der Waals surface area contributed by atoms with E-state index in [4.69, 9.17) is 9.72 Å². The molecule has 3 heterocycles. The molecule has 0 radical (unpaired) electrons. The van der Waals surface area contributed by atoms with Gasteiger partial charge in [0, 0.05) is 30.6 Å². The number of nitrogens with zero attached hydrogens (tertiary/aromatic N) is 3. The largest absolute Gasteiger partial charge is 0.466 e. The highest BCUT2D eigenvalue weighted by molar-refractivity contribution is 5.75. The Morgan fingerprint density at radius 2 is 1.67 bits per heavy atom. The molecule has 4 aliphatic rings. The summed E-state index contributed by atoms with van der Waals surface area (Å²) >= 11 is 0. The zero-order chi connectivity index (χ0) is 24.6. The van der Waals surface area contributed by atoms with Gasteiger partial charge in [-0.3, -0.25) is 14.5 Å². The van der Waals surface area contributed by atoms with Crippen LogP contribution >= 0.6 is 0 Å². The lowest BCUT2D eigenvalue weighted by atomic mass is 9.69. The number of fused-ring (bicyclic) bond motifs is 5. The predicted octanol–water partition coefficient (Wildman–Crippen LogP) is 5.42. The van der Waals surface area contributed by atoms with Crippen molar-refractivity contribution in [2.24, 2.45) is 11.8 Å². The molecule has 2 aliphatic heterocycles. The molecule has 4 atom stereocenters. The standard InChI is InChI=1S/C30H41N3O3/c1-2-36-29(34)12-6-10-27-30(35)33(28-11-4-3-9-26(28)31-27)25-18-22-13-14-23(19-25)32(22)24-16-20-7-5-8-21(15-20)17-24/h3-4,9,11,20-25H,2,5-8,10,12-19H2,1H3/t20-,21-,22-,23-/m1/s1. The van der Waals surface area contributed by atoms with Crippen molar-refractivity contribution >= 4 is 17.0 Å². The molecule has 2 saturated heterocycles. The monoisotopic (exact) mass is 491 g/mol. The third kappa shape index (κ3) is 4.62. The van der Waals surface area contributed by atoms with E-state index in [-0.39, 0.29) is 17.6 Å². The van der Waals surface area contributed by atoms with Crippen LogP contribution in [0.4, 0.5) is 0 Å². The number of carbonyl (C=O) groups excluding carboxylic acids is 1. The number of aromatic nitrogens is 2. The first-order chi connectivity index (χ1) is 17.6. The predicted molar refractivity (Wildman–Crippen MR) is 141 cm³/mol. The summed E-state index contributed by atoms with van der Waals surface area (Å²) in [6, 6.07) is 10.3. The number of rotatable bonds is 7. The van der Waals surface area contributed by atoms with Crippen LogP contribution in [-0.2, 0) is 16.0 Å². The third-order valence-electron chi connectivity index (χ3n) is 9.62. The number of esters is 1. The summed E-state index contributed by atoms with van der Waals surface area (Å²) in [7, 11) is 0. The van der Waals surface area contributed by atoms with Gasteiger partial charge in [0.25, 0.3) is 5.56 Å². The minimum Gasteiger partial charge on any atom is -0.466 e. The summed E-state index contributed by atoms with van der Waals surface area (Å²) < 4.78 is 7.15. The molecule has 6 nitrogen and oxygen atoms in total. The Labute approximate surface area is 214 Å². The van der Waals surface area contributed by atoms with Crippen LogP contribution < -0.4 is 5.56 Å². The third-order valence-corrected chi connectivity index (χ3v) is 9.62. The van der Waals surface area contributed by atoms with Crippen LogP contribution in [0.1, 0.15) is 95.7 Å². The maximum Gasteiger partial charge on any atom is 0.305 e. The molecule has 6 heteroatoms. The maximum atomic E-state index is 13.8. The van der Waals surface area contributed by atoms with Gasteiger partial charge in [-0.25, -0.2) is 4.98 Å². The van der Waals surface area contributed by atoms with E-state index in [2.05, 4.69) is 15.5 Å². The van der Waals surface area contributed by atoms with Gasteiger partial charge in [-0.1, -0.05) is 31.4 Å². The van der Waals surface area contributed by atoms with Crippen molar-refractivity contribution in [1.82, 2.24) is 14.5 Å². The summed E-state index contributed by atoms with van der Waals surface area (Å²) in [5, 5.41) is 0. The summed E-state index contributed by atoms with van der Waals surface area (Å²) in [6.45, 7) is 2.21. The van der Waals surface area contributed by atoms with E-state index in [1.807, 2.05) is 25.1 Å². The van der Waals surface area contributed by atoms with E-state index < -0.39 is 0 Å². The van der Waals surface area contributed by atoms with Gasteiger partial charge in [0.05, 0.1) is 17.6 Å². The lowest BCUT2D eigenvalue weighted by molar-refractivity contribution is -0.143. The summed E-state index contributed by atoms with van der Waals surface area (Å²) in [5.74, 6) is 1.70. The molecule has 2 aromatic rings. The Hall–Kier alpha value is -2.21. The molecule has 6 rings (SSSR count). The highest BCUT2D eigenvalue weighted by atomic mass is 16.5. The molecule has 36 heavy (non-hydrogen) atoms. The van der Waals surface area contributed by atoms with Crippen LogP contribution in [0.2, 0.25) is 0 Å². The van der Waals surface area contributed by atoms with Crippen LogP contribution in [0.5, 0.6) is 0 Å². The van der Waals surface area contributed by atoms with Crippen LogP contribution in [-0.4, -0.2) is 45.2 Å². The SMILES string of the molecule is CCOC(=O)CCCc1nc2ccccc2n(C2C[C@H]3CC[C@H](C2)N3C2C[C@@H]3CCC[C@@H](C2)C3)c1=O. The molecule has 0 amide bonds. The second kappa shape index (κ2) is 10.3. The molecule has 0 N–H and O–H groups in total. The molecule has 194 valence electrons. The topological polar surface area (TPSA) is 64.4 Å². The van der Waals surface area contributed by atoms with E-state index in [9.17, 15) is 9.59 Å². The molecular formula is C30H41N3O3. The molecule has 1 aromatic carbocycles. The molecule has 1 aromatic heterocycles. The van der Waals surface area contributed by atoms with Crippen molar-refractivity contribution in [1.29, 1.82) is 0 Å². The molecule has 0 spiro atoms. The van der Waals surface area contributed by atoms with Crippen LogP contribution in [0.25, 0.3) is 11.0 Å². The molecule has 4 bridgehead atoms. The number of hydrogen-bond donors (Lipinski definition) is 0. The van der Waals surface area contributed by atoms with Crippen molar-refractivity contribution in [2.45, 2.75) is 115 Å². The van der Waals surface area contributed by atoms with Crippen molar-refractivity contribution in [3.8, 4) is 0 Å². The fraction of sp³-hybridized carbons (Fsp3) is 0.700. The summed E-state index contributed by atoms with van der Waals surface area (Å²) in [6.07, 6.45) is 14.7. The highest BCUT2D eigenvalue weighted by Gasteiger charge is 2.47. The quantitative estimate of drug-likeness (QED) is 0.484. The van der Waals surface area contributed by atoms with Crippen LogP contribution in [0.15, 0.2) is 29.1 Å². The molecule has 4 fully saturated rings. The number of carbonyl (C=O) groups is 1. The maximum absolute atomic E-state index is 13.8. The number of ether oxygens (including phenoxy) is 1. The zero-order valence-corrected chi connectivity index (χ0v) is 21.7. The first-order valence-corrected chi connectivity index (χ1v) is 14.5. The second-order valence-corrected chi connectivity index (χ2v) is 11.9. The van der Waals surface area contributed by atoms with Gasteiger partial charge in [-0.15, -0.1) is 0 Å². The van der Waals surface area contributed by atoms with Crippen molar-refractivity contribution in [2.75, 3.05) is 6.61 Å². The Balaban J connectivity index is 1.24. The number of para-hydroxylation sites is 2. The van der Waals surface area contributed by atoms with Gasteiger partial charge < -0.3 is 9.30 Å². The van der Waals surface area contributed by atoms with E-state index >= 15 is 0 Å². The van der Waals surface area contributed by atoms with Gasteiger partial charge in [-0.2, -0.15) is 0 Å². The van der Waals surface area contributed by atoms with E-state index in [1.54, 1.807) is 0 Å². The van der Waals surface area contributed by atoms with Crippen molar-refractivity contribution in [3.63, 3.8) is 0 Å². The number of benzene rings is 1.